The van der Waals surface area contributed by atoms with E-state index in [0.29, 0.717) is 5.71 Å². The molecule has 2 aliphatic heterocycles. The average molecular weight is 739 g/mol. The highest BCUT2D eigenvalue weighted by Gasteiger charge is 2.55. The second kappa shape index (κ2) is 12.6. The van der Waals surface area contributed by atoms with Gasteiger partial charge in [0.2, 0.25) is 0 Å². The Balaban J connectivity index is 1.16. The summed E-state index contributed by atoms with van der Waals surface area (Å²) in [7, 11) is 0. The number of anilines is 2. The topological polar surface area (TPSA) is 27.1 Å². The Hall–Kier alpha value is -7.29. The quantitative estimate of drug-likeness (QED) is 0.175. The van der Waals surface area contributed by atoms with Crippen molar-refractivity contribution < 1.29 is 0 Å². The number of nitrogens with zero attached hydrogens (tertiary/aromatic N) is 1. The molecule has 0 amide bonds. The lowest BCUT2D eigenvalue weighted by molar-refractivity contribution is 0.721. The van der Waals surface area contributed by atoms with Crippen molar-refractivity contribution >= 4 is 22.7 Å². The van der Waals surface area contributed by atoms with Gasteiger partial charge in [-0.25, -0.2) is 0 Å². The van der Waals surface area contributed by atoms with Crippen LogP contribution in [0.15, 0.2) is 206 Å². The highest BCUT2D eigenvalue weighted by Crippen LogP contribution is 2.66. The molecule has 58 heavy (non-hydrogen) atoms. The number of benzene rings is 8. The Kier molecular flexibility index (Phi) is 7.15. The number of nitrogens with one attached hydrogen (secondary N) is 1. The summed E-state index contributed by atoms with van der Waals surface area (Å²) in [5, 5.41) is 9.80. The SMILES string of the molecule is N=C(c1ccccc1)c1cccc2c1-c1cc(-c3cc(-c4ccccc4)cc(-c4ccccc4)c3)ccc1C21c2ccccc2N2c3c(cccc31)C1=CC=CCC12. The summed E-state index contributed by atoms with van der Waals surface area (Å²) in [6.45, 7) is 0. The van der Waals surface area contributed by atoms with Gasteiger partial charge in [0.05, 0.1) is 22.9 Å². The van der Waals surface area contributed by atoms with Gasteiger partial charge in [0.25, 0.3) is 0 Å². The lowest BCUT2D eigenvalue weighted by atomic mass is 9.64. The molecule has 2 heteroatoms. The minimum atomic E-state index is -0.586. The van der Waals surface area contributed by atoms with Crippen LogP contribution in [0.2, 0.25) is 0 Å². The van der Waals surface area contributed by atoms with E-state index in [1.165, 1.54) is 78.1 Å². The largest absolute Gasteiger partial charge is 0.332 e. The number of allylic oxidation sites excluding steroid dienone is 2. The van der Waals surface area contributed by atoms with Crippen LogP contribution < -0.4 is 4.90 Å². The van der Waals surface area contributed by atoms with E-state index in [1.807, 2.05) is 18.2 Å². The molecule has 272 valence electrons. The van der Waals surface area contributed by atoms with Crippen molar-refractivity contribution in [1.82, 2.24) is 0 Å². The maximum absolute atomic E-state index is 9.80. The molecule has 0 aromatic heterocycles. The Morgan fingerprint density at radius 2 is 1.12 bits per heavy atom. The molecule has 2 atom stereocenters. The van der Waals surface area contributed by atoms with Crippen LogP contribution in [0.3, 0.4) is 0 Å². The summed E-state index contributed by atoms with van der Waals surface area (Å²) in [5.74, 6) is 0. The summed E-state index contributed by atoms with van der Waals surface area (Å²) in [6, 6.07) is 68.8. The first-order valence-corrected chi connectivity index (χ1v) is 20.3. The molecule has 0 radical (unpaired) electrons. The predicted octanol–water partition coefficient (Wildman–Crippen LogP) is 13.6. The molecule has 0 saturated heterocycles. The second-order valence-corrected chi connectivity index (χ2v) is 15.9. The number of hydrogen-bond acceptors (Lipinski definition) is 2. The number of rotatable bonds is 5. The van der Waals surface area contributed by atoms with Crippen LogP contribution >= 0.6 is 0 Å². The van der Waals surface area contributed by atoms with Gasteiger partial charge in [-0.2, -0.15) is 0 Å². The van der Waals surface area contributed by atoms with Crippen LogP contribution in [-0.2, 0) is 5.41 Å². The summed E-state index contributed by atoms with van der Waals surface area (Å²) in [4.78, 5) is 2.63. The van der Waals surface area contributed by atoms with Crippen molar-refractivity contribution in [3.63, 3.8) is 0 Å². The third-order valence-electron chi connectivity index (χ3n) is 13.0. The molecular formula is C56H38N2. The van der Waals surface area contributed by atoms with Crippen LogP contribution in [0.25, 0.3) is 50.1 Å². The summed E-state index contributed by atoms with van der Waals surface area (Å²) in [6.07, 6.45) is 7.84. The molecule has 2 unspecified atom stereocenters. The maximum Gasteiger partial charge on any atom is 0.0754 e. The van der Waals surface area contributed by atoms with Crippen LogP contribution in [0.4, 0.5) is 11.4 Å². The third-order valence-corrected chi connectivity index (χ3v) is 13.0. The summed E-state index contributed by atoms with van der Waals surface area (Å²) in [5.41, 5.74) is 21.7. The van der Waals surface area contributed by atoms with E-state index >= 15 is 0 Å². The van der Waals surface area contributed by atoms with E-state index in [9.17, 15) is 5.41 Å². The fraction of sp³-hybridized carbons (Fsp3) is 0.0536. The van der Waals surface area contributed by atoms with Gasteiger partial charge in [0.15, 0.2) is 0 Å². The van der Waals surface area contributed by atoms with Gasteiger partial charge in [-0.15, -0.1) is 0 Å². The first-order valence-electron chi connectivity index (χ1n) is 20.3. The molecule has 0 saturated carbocycles. The standard InChI is InChI=1S/C56H38N2/c57-54(38-20-8-3-9-21-38)45-24-15-26-49-53(45)46-35-39(42-33-40(36-16-4-1-5-17-36)32-41(34-42)37-18-6-2-7-19-37)30-31-47(46)56(49)48-25-11-13-29-52(48)58-51-28-12-10-22-43(51)44-23-14-27-50(56)55(44)58/h1-27,29-35,51,57H,28H2. The van der Waals surface area contributed by atoms with Gasteiger partial charge in [0, 0.05) is 22.4 Å². The number of fused-ring (bicyclic) bond motifs is 12. The first kappa shape index (κ1) is 32.9. The van der Waals surface area contributed by atoms with Crippen molar-refractivity contribution in [2.45, 2.75) is 17.9 Å². The van der Waals surface area contributed by atoms with E-state index in [2.05, 4.69) is 193 Å². The van der Waals surface area contributed by atoms with Crippen LogP contribution in [0.5, 0.6) is 0 Å². The molecule has 1 N–H and O–H groups in total. The average Bonchev–Trinajstić information content (AvgIpc) is 3.80. The van der Waals surface area contributed by atoms with Gasteiger partial charge in [-0.3, -0.25) is 5.41 Å². The molecular weight excluding hydrogens is 701 g/mol. The molecule has 8 aromatic rings. The van der Waals surface area contributed by atoms with E-state index < -0.39 is 5.41 Å². The zero-order valence-electron chi connectivity index (χ0n) is 31.9. The van der Waals surface area contributed by atoms with Gasteiger partial charge in [0.1, 0.15) is 0 Å². The van der Waals surface area contributed by atoms with Crippen molar-refractivity contribution in [1.29, 1.82) is 5.41 Å². The van der Waals surface area contributed by atoms with Crippen molar-refractivity contribution in [3.05, 3.63) is 245 Å². The van der Waals surface area contributed by atoms with Crippen LogP contribution in [0, 0.1) is 5.41 Å². The van der Waals surface area contributed by atoms with Crippen LogP contribution in [-0.4, -0.2) is 11.8 Å². The molecule has 2 aliphatic carbocycles. The number of para-hydroxylation sites is 2. The Morgan fingerprint density at radius 3 is 1.86 bits per heavy atom. The monoisotopic (exact) mass is 738 g/mol. The fourth-order valence-electron chi connectivity index (χ4n) is 10.6. The minimum absolute atomic E-state index is 0.260. The zero-order chi connectivity index (χ0) is 38.4. The van der Waals surface area contributed by atoms with E-state index in [1.54, 1.807) is 0 Å². The molecule has 4 aliphatic rings. The van der Waals surface area contributed by atoms with Crippen LogP contribution in [0.1, 0.15) is 45.4 Å². The Morgan fingerprint density at radius 1 is 0.500 bits per heavy atom. The highest BCUT2D eigenvalue weighted by molar-refractivity contribution is 6.17. The van der Waals surface area contributed by atoms with Gasteiger partial charge < -0.3 is 4.90 Å². The van der Waals surface area contributed by atoms with Gasteiger partial charge >= 0.3 is 0 Å². The first-order chi connectivity index (χ1) is 28.7. The third kappa shape index (κ3) is 4.57. The smallest absolute Gasteiger partial charge is 0.0754 e. The van der Waals surface area contributed by atoms with Gasteiger partial charge in [-0.1, -0.05) is 176 Å². The van der Waals surface area contributed by atoms with Crippen molar-refractivity contribution in [3.8, 4) is 44.5 Å². The molecule has 2 heterocycles. The fourth-order valence-corrected chi connectivity index (χ4v) is 10.6. The molecule has 0 bridgehead atoms. The Bertz CT molecular complexity index is 2990. The predicted molar refractivity (Wildman–Crippen MR) is 240 cm³/mol. The normalized spacial score (nSPS) is 17.6. The van der Waals surface area contributed by atoms with Crippen molar-refractivity contribution in [2.24, 2.45) is 0 Å². The van der Waals surface area contributed by atoms with Gasteiger partial charge in [-0.05, 0) is 109 Å². The molecule has 1 spiro atoms. The molecule has 0 fully saturated rings. The summed E-state index contributed by atoms with van der Waals surface area (Å²) >= 11 is 0. The maximum atomic E-state index is 9.80. The minimum Gasteiger partial charge on any atom is -0.332 e. The lowest BCUT2D eigenvalue weighted by Crippen LogP contribution is -2.39. The van der Waals surface area contributed by atoms with E-state index in [-0.39, 0.29) is 6.04 Å². The lowest BCUT2D eigenvalue weighted by Gasteiger charge is -2.45. The highest BCUT2D eigenvalue weighted by atomic mass is 15.2. The zero-order valence-corrected chi connectivity index (χ0v) is 31.9. The summed E-state index contributed by atoms with van der Waals surface area (Å²) < 4.78 is 0. The van der Waals surface area contributed by atoms with E-state index in [4.69, 9.17) is 0 Å². The second-order valence-electron chi connectivity index (χ2n) is 15.9. The Labute approximate surface area is 339 Å². The van der Waals surface area contributed by atoms with Crippen molar-refractivity contribution in [2.75, 3.05) is 4.90 Å². The van der Waals surface area contributed by atoms with E-state index in [0.717, 1.165) is 28.7 Å². The molecule has 2 nitrogen and oxygen atoms in total. The molecule has 8 aromatic carbocycles. The number of hydrogen-bond donors (Lipinski definition) is 1. The molecule has 12 rings (SSSR count).